The second kappa shape index (κ2) is 1730. The van der Waals surface area contributed by atoms with Crippen molar-refractivity contribution in [1.82, 2.24) is 6.15 Å². The quantitative estimate of drug-likeness (QED) is 0.294. The highest BCUT2D eigenvalue weighted by atomic mass is 127. The Morgan fingerprint density at radius 3 is 0.773 bits per heavy atom. The van der Waals surface area contributed by atoms with Crippen LogP contribution in [0.3, 0.4) is 0 Å². The predicted molar refractivity (Wildman–Crippen MR) is 106 cm³/mol. The first-order valence-electron chi connectivity index (χ1n) is 3.91. The summed E-state index contributed by atoms with van der Waals surface area (Å²) < 4.78 is 50.9. The Balaban J connectivity index is -0.00000000329. The number of hydrogen-bond acceptors (Lipinski definition) is 6. The Morgan fingerprint density at radius 1 is 0.773 bits per heavy atom. The van der Waals surface area contributed by atoms with Crippen LogP contribution in [0.25, 0.3) is 0 Å². The molecule has 0 aliphatic heterocycles. The molecule has 0 amide bonds. The highest BCUT2D eigenvalue weighted by Gasteiger charge is 1.14. The second-order valence-electron chi connectivity index (χ2n) is 0.250. The molecule has 0 aliphatic carbocycles. The third-order valence-corrected chi connectivity index (χ3v) is 0. The minimum Gasteiger partial charge on any atom is -0.369 e. The van der Waals surface area contributed by atoms with E-state index in [1.54, 1.807) is 9.84 Å². The van der Waals surface area contributed by atoms with Crippen LogP contribution in [0.4, 0.5) is 14.2 Å². The zero-order valence-corrected chi connectivity index (χ0v) is 11.1. The van der Waals surface area contributed by atoms with Crippen molar-refractivity contribution in [3.63, 3.8) is 0 Å². The Bertz CT molecular complexity index is 173. The molecule has 22 heavy (non-hydrogen) atoms. The van der Waals surface area contributed by atoms with Gasteiger partial charge in [-0.3, -0.25) is 14.2 Å². The number of carbonyl (C=O) groups excluding carboxylic acids is 6. The van der Waals surface area contributed by atoms with Gasteiger partial charge < -0.3 is 6.15 Å². The molecule has 0 spiro atoms. The van der Waals surface area contributed by atoms with Crippen LogP contribution in [-0.2, 0) is 28.8 Å². The summed E-state index contributed by atoms with van der Waals surface area (Å²) in [5.74, 6) is 0. The molecular weight excluding hydrogens is 445 g/mol. The largest absolute Gasteiger partial charge is 0.373 e. The number of hydrogen-bond donors (Lipinski definition) is 1. The van der Waals surface area contributed by atoms with E-state index in [4.69, 9.17) is 45.6 Å². The predicted octanol–water partition coefficient (Wildman–Crippen LogP) is 4.75. The maximum absolute atomic E-state index is 8.75. The van der Waals surface area contributed by atoms with Crippen molar-refractivity contribution in [3.8, 4) is 0 Å². The molecule has 0 radical (unpaired) electrons. The first-order valence-corrected chi connectivity index (χ1v) is 3.02. The van der Waals surface area contributed by atoms with Crippen molar-refractivity contribution in [2.24, 2.45) is 0 Å². The van der Waals surface area contributed by atoms with E-state index in [1.807, 2.05) is 22.6 Å². The van der Waals surface area contributed by atoms with E-state index >= 15 is 0 Å². The molecule has 1 unspecified atom stereocenters. The summed E-state index contributed by atoms with van der Waals surface area (Å²) in [7, 11) is 1.67. The van der Waals surface area contributed by atoms with Gasteiger partial charge in [-0.15, -0.1) is 0 Å². The number of alkyl halides is 1. The normalized spacial score (nSPS) is 3.23. The molecule has 12 heteroatoms. The summed E-state index contributed by atoms with van der Waals surface area (Å²) in [6.45, 7) is 0. The fraction of sp³-hybridized carbons (Fsp3) is 0.700. The van der Waals surface area contributed by atoms with Crippen LogP contribution in [-0.4, -0.2) is 29.0 Å². The molecule has 4 N–H and O–H groups in total. The van der Waals surface area contributed by atoms with Crippen LogP contribution in [0, 0.1) is 0 Å². The van der Waals surface area contributed by atoms with Gasteiger partial charge in [-0.25, -0.2) is 0 Å². The summed E-state index contributed by atoms with van der Waals surface area (Å²) in [5.41, 5.74) is 0. The lowest BCUT2D eigenvalue weighted by Gasteiger charge is -1.05. The van der Waals surface area contributed by atoms with E-state index in [-0.39, 0.29) is 73.4 Å². The zero-order valence-electron chi connectivity index (χ0n) is 12.7. The van der Waals surface area contributed by atoms with Crippen LogP contribution in [0.1, 0.15) is 50.2 Å². The van der Waals surface area contributed by atoms with Gasteiger partial charge in [-0.2, -0.15) is 38.6 Å². The molecule has 0 aromatic carbocycles. The van der Waals surface area contributed by atoms with Crippen molar-refractivity contribution in [2.45, 2.75) is 44.6 Å². The first kappa shape index (κ1) is 69.3. The van der Waals surface area contributed by atoms with Gasteiger partial charge in [-0.1, -0.05) is 67.2 Å². The molecule has 0 fully saturated rings. The van der Waals surface area contributed by atoms with E-state index in [0.717, 1.165) is 0 Å². The molecule has 0 aromatic heterocycles. The second-order valence-corrected chi connectivity index (χ2v) is 0.250. The molecule has 0 aromatic rings. The van der Waals surface area contributed by atoms with Crippen LogP contribution < -0.4 is 6.15 Å². The van der Waals surface area contributed by atoms with Crippen LogP contribution in [0.15, 0.2) is 0 Å². The van der Waals surface area contributed by atoms with Gasteiger partial charge in [0, 0.05) is 5.65 Å². The van der Waals surface area contributed by atoms with Gasteiger partial charge in [0.2, 0.25) is 0 Å². The molecule has 0 heterocycles. The molecule has 7 nitrogen and oxygen atoms in total. The Labute approximate surface area is 161 Å². The topological polar surface area (TPSA) is 139 Å². The van der Waals surface area contributed by atoms with Crippen LogP contribution in [0.5, 0.6) is 0 Å². The van der Waals surface area contributed by atoms with E-state index < -0.39 is 0 Å². The van der Waals surface area contributed by atoms with E-state index in [1.165, 1.54) is 0 Å². The maximum Gasteiger partial charge on any atom is 0.373 e. The fourth-order valence-corrected chi connectivity index (χ4v) is 0. The fourth-order valence-electron chi connectivity index (χ4n) is 0. The first-order chi connectivity index (χ1) is 9.66. The minimum absolute atomic E-state index is 0. The SMILES string of the molecule is C.C.C.C.C.C.O=C=O.O=C=O.O=C=O.[2H]CI.[2H]F.[2H]F.[2H]F.[2H]P.[HH].[HH].[HH].[NH4+]. The zero-order chi connectivity index (χ0) is 18.8. The van der Waals surface area contributed by atoms with Crippen molar-refractivity contribution in [3.05, 3.63) is 0 Å². The monoisotopic (exact) mass is 493 g/mol. The molecule has 0 aliphatic rings. The van der Waals surface area contributed by atoms with E-state index in [0.29, 0.717) is 4.91 Å². The molecule has 156 valence electrons. The molecule has 0 saturated carbocycles. The third-order valence-electron chi connectivity index (χ3n) is 0. The molecular formula is C10H43F3INO6P+. The lowest BCUT2D eigenvalue weighted by molar-refractivity contribution is -0.193. The number of rotatable bonds is 0. The highest BCUT2D eigenvalue weighted by molar-refractivity contribution is 14.1. The van der Waals surface area contributed by atoms with Gasteiger partial charge >= 0.3 is 18.5 Å². The van der Waals surface area contributed by atoms with Crippen molar-refractivity contribution in [1.29, 1.82) is 5.63 Å². The summed E-state index contributed by atoms with van der Waals surface area (Å²) >= 11 is 1.96. The van der Waals surface area contributed by atoms with Gasteiger partial charge in [0.25, 0.3) is 4.35 Å². The lowest BCUT2D eigenvalue weighted by atomic mass is 11.8. The Hall–Kier alpha value is -0.950. The van der Waals surface area contributed by atoms with Crippen molar-refractivity contribution < 1.29 is 48.6 Å². The van der Waals surface area contributed by atoms with Crippen LogP contribution in [0.2, 0.25) is 0 Å². The standard InChI is InChI=1S/CH3I.3CO2.6CH4.3FH.H3N.H3P.3H2/c1-2;3*2-1-3;;;;;;;;;;;;;;/h1H3;;;;6*1H4;3*1H;2*1H3;3*1H/p+1/i1D;;;;;;;;;;;;;;1D;;;/hD3. The summed E-state index contributed by atoms with van der Waals surface area (Å²) in [6, 6.07) is 0. The summed E-state index contributed by atoms with van der Waals surface area (Å²) in [4.78, 5) is 49.2. The number of halogens is 4. The molecule has 1 atom stereocenters. The Kier molecular flexibility index (Phi) is 5450. The average molecular weight is 493 g/mol. The van der Waals surface area contributed by atoms with E-state index in [2.05, 4.69) is 4.35 Å². The molecule has 0 saturated heterocycles. The highest BCUT2D eigenvalue weighted by Crippen LogP contribution is 1.48. The lowest BCUT2D eigenvalue weighted by Crippen LogP contribution is -1.22. The van der Waals surface area contributed by atoms with Crippen molar-refractivity contribution >= 4 is 50.9 Å². The van der Waals surface area contributed by atoms with Crippen molar-refractivity contribution in [2.75, 3.05) is 4.91 Å². The van der Waals surface area contributed by atoms with Crippen LogP contribution >= 0.6 is 32.4 Å². The maximum atomic E-state index is 8.75. The molecule has 0 bridgehead atoms. The van der Waals surface area contributed by atoms with E-state index in [9.17, 15) is 0 Å². The van der Waals surface area contributed by atoms with Gasteiger partial charge in [0.1, 0.15) is 0 Å². The third kappa shape index (κ3) is 6880. The number of quaternary nitrogens is 1. The Morgan fingerprint density at radius 2 is 0.773 bits per heavy atom. The van der Waals surface area contributed by atoms with Gasteiger partial charge in [0.15, 0.2) is 0 Å². The van der Waals surface area contributed by atoms with Gasteiger partial charge in [0.05, 0.1) is 1.28 Å². The summed E-state index contributed by atoms with van der Waals surface area (Å²) in [5, 5.41) is 0. The molecule has 0 rings (SSSR count). The minimum atomic E-state index is 0. The smallest absolute Gasteiger partial charge is 0.369 e. The van der Waals surface area contributed by atoms with Gasteiger partial charge in [-0.05, 0) is 4.91 Å². The summed E-state index contributed by atoms with van der Waals surface area (Å²) in [6.07, 6.45) is 0.750. The average Bonchev–Trinajstić information content (AvgIpc) is 2.50.